The summed E-state index contributed by atoms with van der Waals surface area (Å²) in [6.07, 6.45) is 4.74. The predicted molar refractivity (Wildman–Crippen MR) is 134 cm³/mol. The van der Waals surface area contributed by atoms with Gasteiger partial charge in [-0.3, -0.25) is 15.8 Å². The number of nitrogens with two attached hydrogens (primary N) is 1. The van der Waals surface area contributed by atoms with Crippen LogP contribution in [0.2, 0.25) is 10.0 Å². The smallest absolute Gasteiger partial charge is 0.177 e. The van der Waals surface area contributed by atoms with Crippen molar-refractivity contribution < 1.29 is 9.47 Å². The molecule has 0 unspecified atom stereocenters. The summed E-state index contributed by atoms with van der Waals surface area (Å²) in [5.41, 5.74) is 9.24. The first-order chi connectivity index (χ1) is 16.9. The molecule has 1 aromatic carbocycles. The van der Waals surface area contributed by atoms with Gasteiger partial charge in [-0.05, 0) is 25.5 Å². The molecule has 5 rings (SSSR count). The molecule has 3 aromatic heterocycles. The minimum absolute atomic E-state index is 0.292. The number of H-pyrrole nitrogens is 1. The summed E-state index contributed by atoms with van der Waals surface area (Å²) in [5.74, 6) is 1.51. The van der Waals surface area contributed by atoms with Crippen LogP contribution >= 0.6 is 23.2 Å². The number of pyridine rings is 2. The summed E-state index contributed by atoms with van der Waals surface area (Å²) in [4.78, 5) is 10.7. The molecule has 0 spiro atoms. The van der Waals surface area contributed by atoms with E-state index < -0.39 is 6.23 Å². The Balaban J connectivity index is 1.54. The van der Waals surface area contributed by atoms with Crippen molar-refractivity contribution in [2.24, 2.45) is 5.73 Å². The van der Waals surface area contributed by atoms with Gasteiger partial charge in [-0.25, -0.2) is 4.98 Å². The monoisotopic (exact) mass is 509 g/mol. The first-order valence-electron chi connectivity index (χ1n) is 10.9. The third kappa shape index (κ3) is 4.10. The number of methoxy groups -OCH3 is 1. The van der Waals surface area contributed by atoms with Crippen LogP contribution < -0.4 is 20.1 Å². The Hall–Kier alpha value is -3.58. The predicted octanol–water partition coefficient (Wildman–Crippen LogP) is 4.84. The first-order valence-corrected chi connectivity index (χ1v) is 11.6. The summed E-state index contributed by atoms with van der Waals surface area (Å²) < 4.78 is 11.5. The molecule has 0 aliphatic carbocycles. The van der Waals surface area contributed by atoms with E-state index in [0.29, 0.717) is 55.8 Å². The highest BCUT2D eigenvalue weighted by Gasteiger charge is 2.27. The minimum Gasteiger partial charge on any atom is -0.493 e. The summed E-state index contributed by atoms with van der Waals surface area (Å²) >= 11 is 12.5. The number of benzene rings is 1. The van der Waals surface area contributed by atoms with Gasteiger partial charge in [-0.1, -0.05) is 23.2 Å². The quantitative estimate of drug-likeness (QED) is 0.353. The molecule has 11 heteroatoms. The number of hydrogen-bond acceptors (Lipinski definition) is 8. The van der Waals surface area contributed by atoms with Crippen LogP contribution in [0.3, 0.4) is 0 Å². The Labute approximate surface area is 211 Å². The lowest BCUT2D eigenvalue weighted by Gasteiger charge is -2.40. The lowest BCUT2D eigenvalue weighted by atomic mass is 10.0. The highest BCUT2D eigenvalue weighted by Crippen LogP contribution is 2.39. The second-order valence-corrected chi connectivity index (χ2v) is 9.03. The number of anilines is 1. The normalized spacial score (nSPS) is 16.0. The molecule has 0 saturated carbocycles. The maximum atomic E-state index is 9.75. The second kappa shape index (κ2) is 9.23. The first kappa shape index (κ1) is 23.2. The molecular formula is C24H21Cl2N7O2. The van der Waals surface area contributed by atoms with Crippen LogP contribution in [0.1, 0.15) is 30.7 Å². The molecular weight excluding hydrogens is 489 g/mol. The van der Waals surface area contributed by atoms with E-state index in [0.717, 1.165) is 23.9 Å². The molecule has 4 aromatic rings. The van der Waals surface area contributed by atoms with E-state index in [-0.39, 0.29) is 0 Å². The van der Waals surface area contributed by atoms with Crippen molar-refractivity contribution in [3.05, 3.63) is 58.0 Å². The van der Waals surface area contributed by atoms with Gasteiger partial charge in [0.15, 0.2) is 17.7 Å². The van der Waals surface area contributed by atoms with Gasteiger partial charge in [0.05, 0.1) is 28.2 Å². The maximum Gasteiger partial charge on any atom is 0.177 e. The summed E-state index contributed by atoms with van der Waals surface area (Å²) in [6, 6.07) is 7.97. The van der Waals surface area contributed by atoms with Gasteiger partial charge in [0, 0.05) is 53.8 Å². The molecule has 4 heterocycles. The summed E-state index contributed by atoms with van der Waals surface area (Å²) in [7, 11) is 1.53. The molecule has 1 fully saturated rings. The third-order valence-electron chi connectivity index (χ3n) is 6.13. The van der Waals surface area contributed by atoms with Crippen molar-refractivity contribution in [2.45, 2.75) is 25.6 Å². The number of halogens is 2. The number of rotatable bonds is 6. The largest absolute Gasteiger partial charge is 0.493 e. The number of fused-ring (bicyclic) bond motifs is 1. The fraction of sp³-hybridized carbons (Fsp3) is 0.250. The van der Waals surface area contributed by atoms with E-state index in [4.69, 9.17) is 38.4 Å². The van der Waals surface area contributed by atoms with Gasteiger partial charge in [-0.2, -0.15) is 10.4 Å². The van der Waals surface area contributed by atoms with E-state index in [1.807, 2.05) is 0 Å². The zero-order chi connectivity index (χ0) is 24.7. The van der Waals surface area contributed by atoms with E-state index in [2.05, 4.69) is 38.1 Å². The molecule has 35 heavy (non-hydrogen) atoms. The maximum absolute atomic E-state index is 9.75. The van der Waals surface area contributed by atoms with Crippen molar-refractivity contribution in [3.63, 3.8) is 0 Å². The minimum atomic E-state index is -0.968. The fourth-order valence-electron chi connectivity index (χ4n) is 4.11. The summed E-state index contributed by atoms with van der Waals surface area (Å²) in [5, 5.41) is 18.6. The van der Waals surface area contributed by atoms with Gasteiger partial charge in [-0.15, -0.1) is 0 Å². The Morgan fingerprint density at radius 1 is 1.20 bits per heavy atom. The fourth-order valence-corrected chi connectivity index (χ4v) is 4.69. The standard InChI is InChI=1S/C24H21Cl2N7O2/c1-12-3-4-33(12)24-13(8-27)5-14(9-30-24)22-15-6-20(19(34-2)7-18(15)31-32-22)35-23(28)21-16(25)10-29-11-17(21)26/h5-7,9-12,23H,3-4,28H2,1-2H3,(H,31,32)/t12-,23+/m1/s1. The molecule has 1 saturated heterocycles. The Kier molecular flexibility index (Phi) is 6.11. The molecule has 0 bridgehead atoms. The van der Waals surface area contributed by atoms with Crippen LogP contribution in [-0.4, -0.2) is 39.9 Å². The third-order valence-corrected chi connectivity index (χ3v) is 6.73. The number of ether oxygens (including phenoxy) is 2. The van der Waals surface area contributed by atoms with Crippen LogP contribution in [0.4, 0.5) is 5.82 Å². The highest BCUT2D eigenvalue weighted by atomic mass is 35.5. The van der Waals surface area contributed by atoms with Gasteiger partial charge >= 0.3 is 0 Å². The zero-order valence-electron chi connectivity index (χ0n) is 18.9. The lowest BCUT2D eigenvalue weighted by molar-refractivity contribution is 0.204. The van der Waals surface area contributed by atoms with Crippen LogP contribution in [0.15, 0.2) is 36.8 Å². The average Bonchev–Trinajstić information content (AvgIpc) is 3.25. The number of nitriles is 1. The number of nitrogens with one attached hydrogen (secondary N) is 1. The highest BCUT2D eigenvalue weighted by molar-refractivity contribution is 6.35. The number of aromatic amines is 1. The molecule has 2 atom stereocenters. The summed E-state index contributed by atoms with van der Waals surface area (Å²) in [6.45, 7) is 3.01. The number of aromatic nitrogens is 4. The van der Waals surface area contributed by atoms with E-state index >= 15 is 0 Å². The molecule has 1 aliphatic rings. The molecule has 9 nitrogen and oxygen atoms in total. The van der Waals surface area contributed by atoms with E-state index in [9.17, 15) is 5.26 Å². The van der Waals surface area contributed by atoms with Gasteiger partial charge in [0.1, 0.15) is 17.6 Å². The molecule has 178 valence electrons. The molecule has 0 radical (unpaired) electrons. The van der Waals surface area contributed by atoms with Crippen LogP contribution in [0.25, 0.3) is 22.2 Å². The van der Waals surface area contributed by atoms with Crippen molar-refractivity contribution in [2.75, 3.05) is 18.6 Å². The lowest BCUT2D eigenvalue weighted by Crippen LogP contribution is -2.46. The van der Waals surface area contributed by atoms with Crippen LogP contribution in [0.5, 0.6) is 11.5 Å². The zero-order valence-corrected chi connectivity index (χ0v) is 20.4. The van der Waals surface area contributed by atoms with E-state index in [1.165, 1.54) is 19.5 Å². The molecule has 3 N–H and O–H groups in total. The van der Waals surface area contributed by atoms with Gasteiger partial charge < -0.3 is 14.4 Å². The van der Waals surface area contributed by atoms with Gasteiger partial charge in [0.25, 0.3) is 0 Å². The SMILES string of the molecule is COc1cc2[nH]nc(-c3cnc(N4CC[C@H]4C)c(C#N)c3)c2cc1O[C@H](N)c1c(Cl)cncc1Cl. The van der Waals surface area contributed by atoms with Crippen molar-refractivity contribution in [1.82, 2.24) is 20.2 Å². The molecule has 0 amide bonds. The van der Waals surface area contributed by atoms with Crippen molar-refractivity contribution in [1.29, 1.82) is 5.26 Å². The average molecular weight is 510 g/mol. The topological polar surface area (TPSA) is 126 Å². The van der Waals surface area contributed by atoms with Crippen molar-refractivity contribution >= 4 is 39.9 Å². The van der Waals surface area contributed by atoms with E-state index in [1.54, 1.807) is 24.4 Å². The Morgan fingerprint density at radius 2 is 1.97 bits per heavy atom. The van der Waals surface area contributed by atoms with Crippen molar-refractivity contribution in [3.8, 4) is 28.8 Å². The van der Waals surface area contributed by atoms with Gasteiger partial charge in [0.2, 0.25) is 0 Å². The Bertz CT molecular complexity index is 1450. The molecule has 1 aliphatic heterocycles. The second-order valence-electron chi connectivity index (χ2n) is 8.21. The van der Waals surface area contributed by atoms with Crippen LogP contribution in [-0.2, 0) is 0 Å². The number of hydrogen-bond donors (Lipinski definition) is 2. The van der Waals surface area contributed by atoms with Crippen LogP contribution in [0, 0.1) is 11.3 Å². The Morgan fingerprint density at radius 3 is 2.60 bits per heavy atom. The number of nitrogens with zero attached hydrogens (tertiary/aromatic N) is 5.